The minimum atomic E-state index is -0.659. The van der Waals surface area contributed by atoms with E-state index in [1.165, 1.54) is 0 Å². The van der Waals surface area contributed by atoms with Crippen LogP contribution >= 0.6 is 0 Å². The van der Waals surface area contributed by atoms with E-state index in [9.17, 15) is 14.7 Å². The van der Waals surface area contributed by atoms with Crippen LogP contribution in [-0.4, -0.2) is 62.6 Å². The SMILES string of the molecule is CCN(CC)CCCN1C(=O)C(=O)/C(=C(/O)c2cnn(-c3ccccc3)c2C)C1c1ccc(C)cc1. The molecular weight excluding hydrogens is 452 g/mol. The molecule has 1 aromatic heterocycles. The van der Waals surface area contributed by atoms with Crippen LogP contribution in [0.15, 0.2) is 66.4 Å². The summed E-state index contributed by atoms with van der Waals surface area (Å²) < 4.78 is 1.72. The Labute approximate surface area is 212 Å². The maximum Gasteiger partial charge on any atom is 0.295 e. The molecule has 1 aliphatic rings. The Morgan fingerprint density at radius 3 is 2.31 bits per heavy atom. The Bertz CT molecular complexity index is 1260. The summed E-state index contributed by atoms with van der Waals surface area (Å²) in [7, 11) is 0. The maximum absolute atomic E-state index is 13.3. The van der Waals surface area contributed by atoms with Crippen molar-refractivity contribution in [2.24, 2.45) is 0 Å². The third kappa shape index (κ3) is 4.84. The highest BCUT2D eigenvalue weighted by Gasteiger charge is 2.46. The summed E-state index contributed by atoms with van der Waals surface area (Å²) in [5.74, 6) is -1.42. The van der Waals surface area contributed by atoms with Crippen LogP contribution in [0.1, 0.15) is 48.7 Å². The summed E-state index contributed by atoms with van der Waals surface area (Å²) in [4.78, 5) is 30.5. The molecule has 2 aromatic carbocycles. The summed E-state index contributed by atoms with van der Waals surface area (Å²) in [5.41, 5.74) is 3.98. The van der Waals surface area contributed by atoms with Gasteiger partial charge in [-0.2, -0.15) is 5.10 Å². The van der Waals surface area contributed by atoms with Crippen LogP contribution in [0.2, 0.25) is 0 Å². The highest BCUT2D eigenvalue weighted by molar-refractivity contribution is 6.46. The molecule has 7 nitrogen and oxygen atoms in total. The maximum atomic E-state index is 13.3. The summed E-state index contributed by atoms with van der Waals surface area (Å²) in [6.07, 6.45) is 2.29. The number of ketones is 1. The summed E-state index contributed by atoms with van der Waals surface area (Å²) in [6, 6.07) is 16.7. The second-order valence-corrected chi connectivity index (χ2v) is 9.17. The number of amides is 1. The third-order valence-electron chi connectivity index (χ3n) is 6.97. The molecule has 0 aliphatic carbocycles. The second kappa shape index (κ2) is 10.9. The number of aryl methyl sites for hydroxylation is 1. The quantitative estimate of drug-likeness (QED) is 0.271. The zero-order chi connectivity index (χ0) is 25.8. The van der Waals surface area contributed by atoms with Gasteiger partial charge in [0, 0.05) is 6.54 Å². The van der Waals surface area contributed by atoms with Crippen molar-refractivity contribution in [2.45, 2.75) is 40.2 Å². The van der Waals surface area contributed by atoms with Crippen molar-refractivity contribution < 1.29 is 14.7 Å². The fourth-order valence-electron chi connectivity index (χ4n) is 4.83. The lowest BCUT2D eigenvalue weighted by atomic mass is 9.95. The number of hydrogen-bond acceptors (Lipinski definition) is 5. The summed E-state index contributed by atoms with van der Waals surface area (Å²) in [6.45, 7) is 11.2. The van der Waals surface area contributed by atoms with Gasteiger partial charge < -0.3 is 14.9 Å². The molecule has 1 fully saturated rings. The molecule has 3 aromatic rings. The molecule has 1 amide bonds. The molecule has 0 bridgehead atoms. The van der Waals surface area contributed by atoms with E-state index in [0.29, 0.717) is 17.8 Å². The van der Waals surface area contributed by atoms with Gasteiger partial charge in [0.1, 0.15) is 5.76 Å². The molecule has 1 atom stereocenters. The van der Waals surface area contributed by atoms with Crippen molar-refractivity contribution in [1.29, 1.82) is 0 Å². The Hall–Kier alpha value is -3.71. The van der Waals surface area contributed by atoms with Crippen molar-refractivity contribution in [3.8, 4) is 5.69 Å². The van der Waals surface area contributed by atoms with E-state index >= 15 is 0 Å². The Kier molecular flexibility index (Phi) is 7.70. The molecular formula is C29H34N4O3. The summed E-state index contributed by atoms with van der Waals surface area (Å²) in [5, 5.41) is 15.9. The molecule has 0 spiro atoms. The highest BCUT2D eigenvalue weighted by Crippen LogP contribution is 2.40. The topological polar surface area (TPSA) is 78.7 Å². The summed E-state index contributed by atoms with van der Waals surface area (Å²) >= 11 is 0. The standard InChI is InChI=1S/C29H34N4O3/c1-5-31(6-2)17-10-18-32-26(22-15-13-20(3)14-16-22)25(28(35)29(32)36)27(34)24-19-30-33(21(24)4)23-11-8-7-9-12-23/h7-9,11-16,19,26,34H,5-6,10,17-18H2,1-4H3/b27-25+. The molecule has 1 saturated heterocycles. The third-order valence-corrected chi connectivity index (χ3v) is 6.97. The van der Waals surface area contributed by atoms with Crippen molar-refractivity contribution in [3.05, 3.63) is 88.8 Å². The first-order chi connectivity index (χ1) is 17.4. The number of benzene rings is 2. The number of para-hydroxylation sites is 1. The van der Waals surface area contributed by atoms with Gasteiger partial charge in [0.05, 0.1) is 34.8 Å². The Balaban J connectivity index is 1.76. The molecule has 1 aliphatic heterocycles. The van der Waals surface area contributed by atoms with E-state index in [1.54, 1.807) is 15.8 Å². The number of hydrogen-bond donors (Lipinski definition) is 1. The number of aliphatic hydroxyl groups is 1. The largest absolute Gasteiger partial charge is 0.507 e. The van der Waals surface area contributed by atoms with Gasteiger partial charge in [-0.15, -0.1) is 0 Å². The molecule has 36 heavy (non-hydrogen) atoms. The molecule has 1 unspecified atom stereocenters. The van der Waals surface area contributed by atoms with Crippen LogP contribution in [0.4, 0.5) is 0 Å². The van der Waals surface area contributed by atoms with E-state index in [0.717, 1.165) is 42.9 Å². The predicted octanol–water partition coefficient (Wildman–Crippen LogP) is 4.64. The number of carbonyl (C=O) groups excluding carboxylic acids is 2. The van der Waals surface area contributed by atoms with Crippen molar-refractivity contribution in [2.75, 3.05) is 26.2 Å². The van der Waals surface area contributed by atoms with Gasteiger partial charge in [0.25, 0.3) is 11.7 Å². The molecule has 1 N–H and O–H groups in total. The lowest BCUT2D eigenvalue weighted by Gasteiger charge is -2.27. The van der Waals surface area contributed by atoms with Gasteiger partial charge in [-0.25, -0.2) is 4.68 Å². The van der Waals surface area contributed by atoms with Gasteiger partial charge in [0.2, 0.25) is 0 Å². The molecule has 4 rings (SSSR count). The zero-order valence-corrected chi connectivity index (χ0v) is 21.4. The van der Waals surface area contributed by atoms with Crippen molar-refractivity contribution in [3.63, 3.8) is 0 Å². The average Bonchev–Trinajstić information content (AvgIpc) is 3.40. The van der Waals surface area contributed by atoms with Crippen LogP contribution in [-0.2, 0) is 9.59 Å². The Morgan fingerprint density at radius 1 is 1.00 bits per heavy atom. The fourth-order valence-corrected chi connectivity index (χ4v) is 4.83. The number of aromatic nitrogens is 2. The van der Waals surface area contributed by atoms with E-state index < -0.39 is 17.7 Å². The van der Waals surface area contributed by atoms with Gasteiger partial charge in [-0.05, 0) is 57.6 Å². The lowest BCUT2D eigenvalue weighted by molar-refractivity contribution is -0.140. The molecule has 7 heteroatoms. The van der Waals surface area contributed by atoms with Gasteiger partial charge in [-0.3, -0.25) is 9.59 Å². The van der Waals surface area contributed by atoms with E-state index in [4.69, 9.17) is 0 Å². The number of carbonyl (C=O) groups is 2. The first-order valence-corrected chi connectivity index (χ1v) is 12.5. The first-order valence-electron chi connectivity index (χ1n) is 12.5. The minimum absolute atomic E-state index is 0.113. The normalized spacial score (nSPS) is 17.4. The second-order valence-electron chi connectivity index (χ2n) is 9.17. The van der Waals surface area contributed by atoms with E-state index in [1.807, 2.05) is 68.4 Å². The van der Waals surface area contributed by atoms with Gasteiger partial charge in [0.15, 0.2) is 0 Å². The molecule has 0 saturated carbocycles. The number of nitrogens with zero attached hydrogens (tertiary/aromatic N) is 4. The number of Topliss-reactive ketones (excluding diaryl/α,β-unsaturated/α-hetero) is 1. The van der Waals surface area contributed by atoms with Crippen LogP contribution in [0, 0.1) is 13.8 Å². The van der Waals surface area contributed by atoms with Crippen molar-refractivity contribution in [1.82, 2.24) is 19.6 Å². The van der Waals surface area contributed by atoms with Crippen LogP contribution < -0.4 is 0 Å². The first kappa shape index (κ1) is 25.4. The number of aliphatic hydroxyl groups excluding tert-OH is 1. The van der Waals surface area contributed by atoms with Crippen LogP contribution in [0.5, 0.6) is 0 Å². The van der Waals surface area contributed by atoms with Gasteiger partial charge >= 0.3 is 0 Å². The van der Waals surface area contributed by atoms with E-state index in [-0.39, 0.29) is 11.3 Å². The molecule has 188 valence electrons. The van der Waals surface area contributed by atoms with E-state index in [2.05, 4.69) is 23.8 Å². The smallest absolute Gasteiger partial charge is 0.295 e. The number of rotatable bonds is 9. The lowest BCUT2D eigenvalue weighted by Crippen LogP contribution is -2.33. The molecule has 0 radical (unpaired) electrons. The Morgan fingerprint density at radius 2 is 1.67 bits per heavy atom. The fraction of sp³-hybridized carbons (Fsp3) is 0.345. The number of likely N-dealkylation sites (tertiary alicyclic amines) is 1. The monoisotopic (exact) mass is 486 g/mol. The van der Waals surface area contributed by atoms with Crippen LogP contribution in [0.3, 0.4) is 0 Å². The molecule has 2 heterocycles. The van der Waals surface area contributed by atoms with Crippen LogP contribution in [0.25, 0.3) is 11.4 Å². The van der Waals surface area contributed by atoms with Crippen molar-refractivity contribution >= 4 is 17.4 Å². The minimum Gasteiger partial charge on any atom is -0.507 e. The predicted molar refractivity (Wildman–Crippen MR) is 141 cm³/mol. The zero-order valence-electron chi connectivity index (χ0n) is 21.4. The average molecular weight is 487 g/mol. The van der Waals surface area contributed by atoms with Gasteiger partial charge in [-0.1, -0.05) is 61.9 Å². The highest BCUT2D eigenvalue weighted by atomic mass is 16.3.